The summed E-state index contributed by atoms with van der Waals surface area (Å²) in [6.07, 6.45) is 10.2. The third-order valence-electron chi connectivity index (χ3n) is 4.16. The zero-order valence-electron chi connectivity index (χ0n) is 13.4. The summed E-state index contributed by atoms with van der Waals surface area (Å²) >= 11 is 0. The summed E-state index contributed by atoms with van der Waals surface area (Å²) in [5.41, 5.74) is 0. The van der Waals surface area contributed by atoms with E-state index in [4.69, 9.17) is 9.47 Å². The molecular formula is C16H33NO2. The van der Waals surface area contributed by atoms with E-state index in [1.54, 1.807) is 7.11 Å². The Morgan fingerprint density at radius 3 is 2.58 bits per heavy atom. The fourth-order valence-corrected chi connectivity index (χ4v) is 2.83. The Morgan fingerprint density at radius 2 is 1.95 bits per heavy atom. The predicted octanol–water partition coefficient (Wildman–Crippen LogP) is 3.68. The summed E-state index contributed by atoms with van der Waals surface area (Å²) in [4.78, 5) is 2.27. The maximum absolute atomic E-state index is 5.78. The van der Waals surface area contributed by atoms with Gasteiger partial charge in [0, 0.05) is 13.7 Å². The standard InChI is InChI=1S/C16H33NO2/c1-5-7-9-14(8-6-2)10-11-15-16(19-15)17(3)12-13-18-4/h14-16H,5-13H2,1-4H3/t14?,15?,16-/m1/s1. The molecule has 1 rings (SSSR count). The Balaban J connectivity index is 2.14. The number of likely N-dealkylation sites (N-methyl/N-ethyl adjacent to an activating group) is 1. The first-order valence-corrected chi connectivity index (χ1v) is 8.07. The third kappa shape index (κ3) is 6.73. The van der Waals surface area contributed by atoms with Crippen molar-refractivity contribution in [3.63, 3.8) is 0 Å². The van der Waals surface area contributed by atoms with E-state index in [0.29, 0.717) is 12.3 Å². The van der Waals surface area contributed by atoms with Crippen molar-refractivity contribution >= 4 is 0 Å². The second-order valence-corrected chi connectivity index (χ2v) is 5.91. The van der Waals surface area contributed by atoms with Crippen LogP contribution in [-0.4, -0.2) is 44.5 Å². The minimum Gasteiger partial charge on any atom is -0.383 e. The van der Waals surface area contributed by atoms with E-state index < -0.39 is 0 Å². The van der Waals surface area contributed by atoms with Crippen LogP contribution in [-0.2, 0) is 9.47 Å². The van der Waals surface area contributed by atoms with E-state index in [9.17, 15) is 0 Å². The molecular weight excluding hydrogens is 238 g/mol. The van der Waals surface area contributed by atoms with E-state index in [1.807, 2.05) is 0 Å². The highest BCUT2D eigenvalue weighted by Gasteiger charge is 2.41. The van der Waals surface area contributed by atoms with E-state index in [2.05, 4.69) is 25.8 Å². The van der Waals surface area contributed by atoms with Gasteiger partial charge in [0.1, 0.15) is 6.23 Å². The number of nitrogens with zero attached hydrogens (tertiary/aromatic N) is 1. The first kappa shape index (κ1) is 16.9. The summed E-state index contributed by atoms with van der Waals surface area (Å²) in [7, 11) is 3.88. The normalized spacial score (nSPS) is 23.8. The van der Waals surface area contributed by atoms with Crippen molar-refractivity contribution in [1.29, 1.82) is 0 Å². The lowest BCUT2D eigenvalue weighted by atomic mass is 9.92. The van der Waals surface area contributed by atoms with Gasteiger partial charge in [-0.05, 0) is 25.8 Å². The Labute approximate surface area is 119 Å². The highest BCUT2D eigenvalue weighted by molar-refractivity contribution is 4.84. The van der Waals surface area contributed by atoms with Crippen LogP contribution in [0.5, 0.6) is 0 Å². The quantitative estimate of drug-likeness (QED) is 0.506. The zero-order chi connectivity index (χ0) is 14.1. The van der Waals surface area contributed by atoms with E-state index in [0.717, 1.165) is 19.1 Å². The number of hydrogen-bond acceptors (Lipinski definition) is 3. The van der Waals surface area contributed by atoms with Gasteiger partial charge in [-0.25, -0.2) is 0 Å². The molecule has 3 heteroatoms. The Bertz CT molecular complexity index is 223. The van der Waals surface area contributed by atoms with Crippen molar-refractivity contribution in [2.45, 2.75) is 71.1 Å². The van der Waals surface area contributed by atoms with Gasteiger partial charge < -0.3 is 9.47 Å². The molecule has 3 atom stereocenters. The van der Waals surface area contributed by atoms with Crippen molar-refractivity contribution in [3.05, 3.63) is 0 Å². The monoisotopic (exact) mass is 271 g/mol. The van der Waals surface area contributed by atoms with E-state index in [1.165, 1.54) is 44.9 Å². The van der Waals surface area contributed by atoms with Crippen LogP contribution in [0.1, 0.15) is 58.8 Å². The highest BCUT2D eigenvalue weighted by atomic mass is 16.6. The molecule has 0 radical (unpaired) electrons. The second kappa shape index (κ2) is 9.73. The van der Waals surface area contributed by atoms with Crippen molar-refractivity contribution < 1.29 is 9.47 Å². The van der Waals surface area contributed by atoms with Crippen LogP contribution < -0.4 is 0 Å². The molecule has 0 bridgehead atoms. The van der Waals surface area contributed by atoms with Crippen LogP contribution in [0.15, 0.2) is 0 Å². The number of methoxy groups -OCH3 is 1. The van der Waals surface area contributed by atoms with Crippen LogP contribution in [0.4, 0.5) is 0 Å². The van der Waals surface area contributed by atoms with Gasteiger partial charge in [-0.15, -0.1) is 0 Å². The maximum Gasteiger partial charge on any atom is 0.137 e. The lowest BCUT2D eigenvalue weighted by Crippen LogP contribution is -2.27. The maximum atomic E-state index is 5.78. The van der Waals surface area contributed by atoms with Gasteiger partial charge in [-0.3, -0.25) is 4.90 Å². The predicted molar refractivity (Wildman–Crippen MR) is 80.3 cm³/mol. The van der Waals surface area contributed by atoms with Gasteiger partial charge >= 0.3 is 0 Å². The van der Waals surface area contributed by atoms with Crippen molar-refractivity contribution in [1.82, 2.24) is 4.90 Å². The van der Waals surface area contributed by atoms with Crippen molar-refractivity contribution in [3.8, 4) is 0 Å². The summed E-state index contributed by atoms with van der Waals surface area (Å²) in [6.45, 7) is 6.34. The van der Waals surface area contributed by atoms with Gasteiger partial charge in [0.15, 0.2) is 0 Å². The molecule has 1 saturated heterocycles. The van der Waals surface area contributed by atoms with Gasteiger partial charge in [0.05, 0.1) is 12.7 Å². The number of unbranched alkanes of at least 4 members (excludes halogenated alkanes) is 1. The Hall–Kier alpha value is -0.120. The number of rotatable bonds is 12. The molecule has 0 aromatic rings. The Kier molecular flexibility index (Phi) is 8.67. The molecule has 0 spiro atoms. The average Bonchev–Trinajstić information content (AvgIpc) is 3.19. The minimum absolute atomic E-state index is 0.351. The first-order valence-electron chi connectivity index (χ1n) is 8.07. The van der Waals surface area contributed by atoms with Gasteiger partial charge in [0.2, 0.25) is 0 Å². The van der Waals surface area contributed by atoms with Crippen LogP contribution in [0.3, 0.4) is 0 Å². The minimum atomic E-state index is 0.351. The molecule has 0 saturated carbocycles. The Morgan fingerprint density at radius 1 is 1.16 bits per heavy atom. The summed E-state index contributed by atoms with van der Waals surface area (Å²) in [6, 6.07) is 0. The fourth-order valence-electron chi connectivity index (χ4n) is 2.83. The third-order valence-corrected chi connectivity index (χ3v) is 4.16. The molecule has 0 aromatic heterocycles. The van der Waals surface area contributed by atoms with Crippen molar-refractivity contribution in [2.24, 2.45) is 5.92 Å². The molecule has 0 amide bonds. The van der Waals surface area contributed by atoms with E-state index >= 15 is 0 Å². The van der Waals surface area contributed by atoms with Gasteiger partial charge in [-0.2, -0.15) is 0 Å². The van der Waals surface area contributed by atoms with Crippen molar-refractivity contribution in [2.75, 3.05) is 27.3 Å². The van der Waals surface area contributed by atoms with Crippen LogP contribution in [0.2, 0.25) is 0 Å². The van der Waals surface area contributed by atoms with Gasteiger partial charge in [-0.1, -0.05) is 46.0 Å². The van der Waals surface area contributed by atoms with Gasteiger partial charge in [0.25, 0.3) is 0 Å². The molecule has 0 aromatic carbocycles. The molecule has 19 heavy (non-hydrogen) atoms. The lowest BCUT2D eigenvalue weighted by molar-refractivity contribution is 0.133. The topological polar surface area (TPSA) is 25.0 Å². The van der Waals surface area contributed by atoms with Crippen LogP contribution >= 0.6 is 0 Å². The lowest BCUT2D eigenvalue weighted by Gasteiger charge is -2.16. The van der Waals surface area contributed by atoms with E-state index in [-0.39, 0.29) is 0 Å². The molecule has 0 aliphatic carbocycles. The SMILES string of the molecule is CCCCC(CCC)CCC1O[C@H]1N(C)CCOC. The van der Waals surface area contributed by atoms with Crippen LogP contribution in [0.25, 0.3) is 0 Å². The summed E-state index contributed by atoms with van der Waals surface area (Å²) in [5.74, 6) is 0.916. The molecule has 2 unspecified atom stereocenters. The second-order valence-electron chi connectivity index (χ2n) is 5.91. The first-order chi connectivity index (χ1) is 9.22. The number of epoxide rings is 1. The zero-order valence-corrected chi connectivity index (χ0v) is 13.4. The summed E-state index contributed by atoms with van der Waals surface area (Å²) < 4.78 is 10.9. The largest absolute Gasteiger partial charge is 0.383 e. The molecule has 0 N–H and O–H groups in total. The molecule has 1 fully saturated rings. The molecule has 3 nitrogen and oxygen atoms in total. The average molecular weight is 271 g/mol. The number of ether oxygens (including phenoxy) is 2. The molecule has 1 aliphatic heterocycles. The molecule has 1 aliphatic rings. The fraction of sp³-hybridized carbons (Fsp3) is 1.00. The smallest absolute Gasteiger partial charge is 0.137 e. The number of hydrogen-bond donors (Lipinski definition) is 0. The summed E-state index contributed by atoms with van der Waals surface area (Å²) in [5, 5.41) is 0. The van der Waals surface area contributed by atoms with Crippen LogP contribution in [0, 0.1) is 5.92 Å². The molecule has 1 heterocycles. The molecule has 114 valence electrons. The highest BCUT2D eigenvalue weighted by Crippen LogP contribution is 2.32.